The van der Waals surface area contributed by atoms with Gasteiger partial charge in [0.05, 0.1) is 7.11 Å². The number of ether oxygens (including phenoxy) is 3. The highest BCUT2D eigenvalue weighted by Gasteiger charge is 2.38. The maximum absolute atomic E-state index is 11.9. The summed E-state index contributed by atoms with van der Waals surface area (Å²) >= 11 is 0. The van der Waals surface area contributed by atoms with Crippen LogP contribution in [0.3, 0.4) is 0 Å². The molecule has 5 nitrogen and oxygen atoms in total. The number of benzene rings is 1. The van der Waals surface area contributed by atoms with Gasteiger partial charge in [0.1, 0.15) is 11.3 Å². The number of esters is 2. The first-order valence-electron chi connectivity index (χ1n) is 6.16. The Kier molecular flexibility index (Phi) is 3.53. The number of para-hydroxylation sites is 1. The topological polar surface area (TPSA) is 61.8 Å². The van der Waals surface area contributed by atoms with Crippen LogP contribution in [0.4, 0.5) is 0 Å². The lowest BCUT2D eigenvalue weighted by Gasteiger charge is -2.29. The molecule has 1 heterocycles. The van der Waals surface area contributed by atoms with Crippen molar-refractivity contribution in [1.82, 2.24) is 0 Å². The summed E-state index contributed by atoms with van der Waals surface area (Å²) < 4.78 is 15.4. The third kappa shape index (κ3) is 2.66. The molecule has 5 heteroatoms. The van der Waals surface area contributed by atoms with Gasteiger partial charge in [0, 0.05) is 19.4 Å². The highest BCUT2D eigenvalue weighted by atomic mass is 16.7. The number of carbonyl (C=O) groups excluding carboxylic acids is 2. The van der Waals surface area contributed by atoms with Crippen molar-refractivity contribution in [3.05, 3.63) is 34.9 Å². The predicted octanol–water partition coefficient (Wildman–Crippen LogP) is 2.22. The first-order valence-corrected chi connectivity index (χ1v) is 6.16. The summed E-state index contributed by atoms with van der Waals surface area (Å²) in [5.74, 6) is -2.03. The fraction of sp³-hybridized carbons (Fsp3) is 0.333. The average molecular weight is 276 g/mol. The van der Waals surface area contributed by atoms with E-state index < -0.39 is 17.7 Å². The van der Waals surface area contributed by atoms with Crippen molar-refractivity contribution in [2.24, 2.45) is 0 Å². The molecule has 0 unspecified atom stereocenters. The standard InChI is InChI=1S/C15H16O5/c1-9-6-5-7-10(12(9)18-4)8-11-13(16)19-15(2,3)20-14(11)17/h5-8H,1-4H3. The van der Waals surface area contributed by atoms with Gasteiger partial charge in [0.2, 0.25) is 0 Å². The van der Waals surface area contributed by atoms with Crippen LogP contribution >= 0.6 is 0 Å². The van der Waals surface area contributed by atoms with Gasteiger partial charge in [-0.2, -0.15) is 0 Å². The molecule has 20 heavy (non-hydrogen) atoms. The fourth-order valence-corrected chi connectivity index (χ4v) is 2.00. The van der Waals surface area contributed by atoms with Gasteiger partial charge in [0.25, 0.3) is 5.79 Å². The van der Waals surface area contributed by atoms with Gasteiger partial charge in [-0.1, -0.05) is 18.2 Å². The van der Waals surface area contributed by atoms with Gasteiger partial charge in [-0.15, -0.1) is 0 Å². The molecule has 0 N–H and O–H groups in total. The van der Waals surface area contributed by atoms with Gasteiger partial charge in [-0.05, 0) is 18.6 Å². The van der Waals surface area contributed by atoms with Crippen molar-refractivity contribution in [3.8, 4) is 5.75 Å². The lowest BCUT2D eigenvalue weighted by Crippen LogP contribution is -2.41. The quantitative estimate of drug-likeness (QED) is 0.471. The van der Waals surface area contributed by atoms with E-state index in [2.05, 4.69) is 0 Å². The summed E-state index contributed by atoms with van der Waals surface area (Å²) in [6.07, 6.45) is 1.42. The molecule has 2 rings (SSSR count). The van der Waals surface area contributed by atoms with E-state index in [0.717, 1.165) is 5.56 Å². The van der Waals surface area contributed by atoms with Crippen molar-refractivity contribution in [2.75, 3.05) is 7.11 Å². The SMILES string of the molecule is COc1c(C)cccc1C=C1C(=O)OC(C)(C)OC1=O. The molecule has 106 valence electrons. The highest BCUT2D eigenvalue weighted by Crippen LogP contribution is 2.28. The van der Waals surface area contributed by atoms with E-state index in [0.29, 0.717) is 11.3 Å². The number of methoxy groups -OCH3 is 1. The van der Waals surface area contributed by atoms with E-state index in [9.17, 15) is 9.59 Å². The minimum Gasteiger partial charge on any atom is -0.496 e. The Hall–Kier alpha value is -2.30. The summed E-state index contributed by atoms with van der Waals surface area (Å²) in [5.41, 5.74) is 1.38. The zero-order valence-corrected chi connectivity index (χ0v) is 11.9. The number of carbonyl (C=O) groups is 2. The zero-order valence-electron chi connectivity index (χ0n) is 11.9. The van der Waals surface area contributed by atoms with E-state index in [1.54, 1.807) is 6.07 Å². The van der Waals surface area contributed by atoms with Crippen LogP contribution in [0.25, 0.3) is 6.08 Å². The number of hydrogen-bond donors (Lipinski definition) is 0. The van der Waals surface area contributed by atoms with Crippen LogP contribution in [-0.4, -0.2) is 24.8 Å². The van der Waals surface area contributed by atoms with E-state index in [1.807, 2.05) is 19.1 Å². The Labute approximate surface area is 117 Å². The molecule has 1 aliphatic heterocycles. The third-order valence-electron chi connectivity index (χ3n) is 2.86. The minimum absolute atomic E-state index is 0.145. The molecule has 0 bridgehead atoms. The monoisotopic (exact) mass is 276 g/mol. The van der Waals surface area contributed by atoms with Gasteiger partial charge in [-0.25, -0.2) is 9.59 Å². The van der Waals surface area contributed by atoms with E-state index in [-0.39, 0.29) is 5.57 Å². The Balaban J connectivity index is 2.44. The Bertz CT molecular complexity index is 576. The molecule has 0 saturated carbocycles. The lowest BCUT2D eigenvalue weighted by atomic mass is 10.1. The summed E-state index contributed by atoms with van der Waals surface area (Å²) in [6.45, 7) is 4.89. The maximum atomic E-state index is 11.9. The molecule has 1 aromatic rings. The molecule has 0 radical (unpaired) electrons. The second-order valence-electron chi connectivity index (χ2n) is 4.93. The fourth-order valence-electron chi connectivity index (χ4n) is 2.00. The van der Waals surface area contributed by atoms with Crippen LogP contribution in [-0.2, 0) is 19.1 Å². The largest absolute Gasteiger partial charge is 0.496 e. The lowest BCUT2D eigenvalue weighted by molar-refractivity contribution is -0.222. The molecular weight excluding hydrogens is 260 g/mol. The third-order valence-corrected chi connectivity index (χ3v) is 2.86. The predicted molar refractivity (Wildman–Crippen MR) is 72.0 cm³/mol. The smallest absolute Gasteiger partial charge is 0.348 e. The zero-order chi connectivity index (χ0) is 14.9. The van der Waals surface area contributed by atoms with Gasteiger partial charge < -0.3 is 14.2 Å². The van der Waals surface area contributed by atoms with Crippen LogP contribution in [0.2, 0.25) is 0 Å². The summed E-state index contributed by atoms with van der Waals surface area (Å²) in [7, 11) is 1.53. The Morgan fingerprint density at radius 3 is 2.30 bits per heavy atom. The van der Waals surface area contributed by atoms with E-state index in [1.165, 1.54) is 27.0 Å². The van der Waals surface area contributed by atoms with Crippen molar-refractivity contribution in [2.45, 2.75) is 26.6 Å². The molecule has 1 aromatic carbocycles. The number of cyclic esters (lactones) is 2. The van der Waals surface area contributed by atoms with Crippen molar-refractivity contribution in [1.29, 1.82) is 0 Å². The molecule has 1 aliphatic rings. The molecular formula is C15H16O5. The van der Waals surface area contributed by atoms with Gasteiger partial charge in [0.15, 0.2) is 0 Å². The van der Waals surface area contributed by atoms with Crippen LogP contribution < -0.4 is 4.74 Å². The number of hydrogen-bond acceptors (Lipinski definition) is 5. The van der Waals surface area contributed by atoms with Crippen LogP contribution in [0.15, 0.2) is 23.8 Å². The van der Waals surface area contributed by atoms with Crippen molar-refractivity contribution in [3.63, 3.8) is 0 Å². The maximum Gasteiger partial charge on any atom is 0.348 e. The molecule has 0 aliphatic carbocycles. The Morgan fingerprint density at radius 2 is 1.75 bits per heavy atom. The summed E-state index contributed by atoms with van der Waals surface area (Å²) in [4.78, 5) is 23.8. The molecule has 0 spiro atoms. The number of rotatable bonds is 2. The average Bonchev–Trinajstić information content (AvgIpc) is 2.32. The second-order valence-corrected chi connectivity index (χ2v) is 4.93. The highest BCUT2D eigenvalue weighted by molar-refractivity contribution is 6.19. The van der Waals surface area contributed by atoms with E-state index in [4.69, 9.17) is 14.2 Å². The van der Waals surface area contributed by atoms with Crippen molar-refractivity contribution >= 4 is 18.0 Å². The minimum atomic E-state index is -1.23. The summed E-state index contributed by atoms with van der Waals surface area (Å²) in [5, 5.41) is 0. The number of aryl methyl sites for hydroxylation is 1. The first kappa shape index (κ1) is 14.1. The molecule has 0 aromatic heterocycles. The second kappa shape index (κ2) is 5.00. The molecule has 0 amide bonds. The molecule has 0 atom stereocenters. The van der Waals surface area contributed by atoms with E-state index >= 15 is 0 Å². The molecule has 1 saturated heterocycles. The van der Waals surface area contributed by atoms with Gasteiger partial charge in [-0.3, -0.25) is 0 Å². The molecule has 1 fully saturated rings. The van der Waals surface area contributed by atoms with Crippen LogP contribution in [0, 0.1) is 6.92 Å². The van der Waals surface area contributed by atoms with Crippen LogP contribution in [0.5, 0.6) is 5.75 Å². The Morgan fingerprint density at radius 1 is 1.15 bits per heavy atom. The first-order chi connectivity index (χ1) is 9.34. The van der Waals surface area contributed by atoms with Crippen LogP contribution in [0.1, 0.15) is 25.0 Å². The van der Waals surface area contributed by atoms with Crippen molar-refractivity contribution < 1.29 is 23.8 Å². The normalized spacial score (nSPS) is 17.3. The summed E-state index contributed by atoms with van der Waals surface area (Å²) in [6, 6.07) is 5.44. The van der Waals surface area contributed by atoms with Gasteiger partial charge >= 0.3 is 11.9 Å².